The SMILES string of the molecule is Cc1ccc(-c2nc(-c3ccccc3)nc(-c3ccc(C(=O)OCC(CCCCC(C)C)CCC(C)C)c(Cl)c3)n2)c(O)c1. The van der Waals surface area contributed by atoms with Gasteiger partial charge in [-0.15, -0.1) is 0 Å². The minimum Gasteiger partial charge on any atom is -0.507 e. The average Bonchev–Trinajstić information content (AvgIpc) is 3.00. The number of esters is 1. The minimum absolute atomic E-state index is 0.0870. The van der Waals surface area contributed by atoms with E-state index in [1.165, 1.54) is 12.8 Å². The summed E-state index contributed by atoms with van der Waals surface area (Å²) in [5, 5.41) is 10.9. The van der Waals surface area contributed by atoms with E-state index >= 15 is 0 Å². The summed E-state index contributed by atoms with van der Waals surface area (Å²) in [5.41, 5.74) is 3.17. The van der Waals surface area contributed by atoms with Crippen molar-refractivity contribution in [2.75, 3.05) is 6.61 Å². The van der Waals surface area contributed by atoms with Crippen LogP contribution < -0.4 is 0 Å². The van der Waals surface area contributed by atoms with Gasteiger partial charge in [0.15, 0.2) is 17.5 Å². The highest BCUT2D eigenvalue weighted by Gasteiger charge is 2.19. The standard InChI is InChI=1S/C37H44ClN3O3/c1-24(2)11-9-10-12-27(17-15-25(3)4)23-44-37(43)30-20-18-29(22-32(30)38)35-39-34(28-13-7-6-8-14-28)40-36(41-35)31-19-16-26(5)21-33(31)42/h6-8,13-14,16,18-22,24-25,27,42H,9-12,15,17,23H2,1-5H3. The first-order chi connectivity index (χ1) is 21.1. The fraction of sp³-hybridized carbons (Fsp3) is 0.405. The molecule has 0 saturated carbocycles. The Morgan fingerprint density at radius 3 is 2.09 bits per heavy atom. The molecule has 3 aromatic carbocycles. The second kappa shape index (κ2) is 15.8. The van der Waals surface area contributed by atoms with Crippen LogP contribution in [0.5, 0.6) is 5.75 Å². The van der Waals surface area contributed by atoms with Gasteiger partial charge in [0.2, 0.25) is 0 Å². The lowest BCUT2D eigenvalue weighted by atomic mass is 9.93. The fourth-order valence-corrected chi connectivity index (χ4v) is 5.39. The largest absolute Gasteiger partial charge is 0.507 e. The highest BCUT2D eigenvalue weighted by molar-refractivity contribution is 6.33. The number of benzene rings is 3. The molecular formula is C37H44ClN3O3. The summed E-state index contributed by atoms with van der Waals surface area (Å²) in [6, 6.07) is 20.1. The van der Waals surface area contributed by atoms with E-state index < -0.39 is 5.97 Å². The zero-order chi connectivity index (χ0) is 31.6. The maximum absolute atomic E-state index is 13.1. The summed E-state index contributed by atoms with van der Waals surface area (Å²) in [6.07, 6.45) is 6.78. The maximum atomic E-state index is 13.1. The van der Waals surface area contributed by atoms with Gasteiger partial charge in [0.05, 0.1) is 22.8 Å². The molecule has 4 aromatic rings. The van der Waals surface area contributed by atoms with Crippen molar-refractivity contribution in [2.24, 2.45) is 17.8 Å². The Hall–Kier alpha value is -3.77. The second-order valence-corrected chi connectivity index (χ2v) is 12.9. The average molecular weight is 614 g/mol. The molecule has 0 spiro atoms. The number of unbranched alkanes of at least 4 members (excludes halogenated alkanes) is 1. The molecule has 0 aliphatic carbocycles. The molecule has 0 saturated heterocycles. The number of nitrogens with zero attached hydrogens (tertiary/aromatic N) is 3. The molecule has 0 amide bonds. The number of hydrogen-bond donors (Lipinski definition) is 1. The molecule has 0 radical (unpaired) electrons. The van der Waals surface area contributed by atoms with Crippen molar-refractivity contribution in [2.45, 2.75) is 73.1 Å². The lowest BCUT2D eigenvalue weighted by molar-refractivity contribution is 0.0420. The summed E-state index contributed by atoms with van der Waals surface area (Å²) < 4.78 is 5.81. The molecule has 44 heavy (non-hydrogen) atoms. The molecule has 4 rings (SSSR count). The van der Waals surface area contributed by atoms with Crippen molar-refractivity contribution < 1.29 is 14.6 Å². The molecule has 0 aliphatic rings. The van der Waals surface area contributed by atoms with E-state index in [0.717, 1.165) is 36.8 Å². The monoisotopic (exact) mass is 613 g/mol. The van der Waals surface area contributed by atoms with Gasteiger partial charge in [-0.05, 0) is 67.3 Å². The Morgan fingerprint density at radius 1 is 0.773 bits per heavy atom. The van der Waals surface area contributed by atoms with Crippen LogP contribution in [0.2, 0.25) is 5.02 Å². The molecule has 232 valence electrons. The number of rotatable bonds is 14. The number of phenolic OH excluding ortho intramolecular Hbond substituents is 1. The Bertz CT molecular complexity index is 1540. The van der Waals surface area contributed by atoms with Crippen LogP contribution in [0.25, 0.3) is 34.2 Å². The number of aryl methyl sites for hydroxylation is 1. The molecule has 1 heterocycles. The van der Waals surface area contributed by atoms with Gasteiger partial charge in [0.25, 0.3) is 0 Å². The first-order valence-electron chi connectivity index (χ1n) is 15.7. The van der Waals surface area contributed by atoms with Crippen LogP contribution in [-0.2, 0) is 4.74 Å². The van der Waals surface area contributed by atoms with Crippen LogP contribution in [0.15, 0.2) is 66.7 Å². The summed E-state index contributed by atoms with van der Waals surface area (Å²) in [6.45, 7) is 11.3. The van der Waals surface area contributed by atoms with Gasteiger partial charge in [-0.2, -0.15) is 0 Å². The van der Waals surface area contributed by atoms with Gasteiger partial charge in [-0.25, -0.2) is 19.7 Å². The number of ether oxygens (including phenoxy) is 1. The fourth-order valence-electron chi connectivity index (χ4n) is 5.13. The Labute approximate surface area is 266 Å². The third-order valence-corrected chi connectivity index (χ3v) is 8.07. The van der Waals surface area contributed by atoms with Crippen LogP contribution in [-0.4, -0.2) is 32.6 Å². The predicted molar refractivity (Wildman–Crippen MR) is 179 cm³/mol. The molecule has 0 aliphatic heterocycles. The topological polar surface area (TPSA) is 85.2 Å². The van der Waals surface area contributed by atoms with Crippen LogP contribution in [0.1, 0.15) is 82.1 Å². The van der Waals surface area contributed by atoms with Crippen LogP contribution in [0.3, 0.4) is 0 Å². The predicted octanol–water partition coefficient (Wildman–Crippen LogP) is 9.97. The van der Waals surface area contributed by atoms with E-state index in [-0.39, 0.29) is 10.8 Å². The number of hydrogen-bond acceptors (Lipinski definition) is 6. The molecule has 1 aromatic heterocycles. The molecule has 1 atom stereocenters. The number of aromatic nitrogens is 3. The number of aromatic hydroxyl groups is 1. The summed E-state index contributed by atoms with van der Waals surface area (Å²) >= 11 is 6.67. The Morgan fingerprint density at radius 2 is 1.43 bits per heavy atom. The zero-order valence-electron chi connectivity index (χ0n) is 26.5. The smallest absolute Gasteiger partial charge is 0.339 e. The quantitative estimate of drug-likeness (QED) is 0.112. The molecule has 6 nitrogen and oxygen atoms in total. The lowest BCUT2D eigenvalue weighted by Crippen LogP contribution is -2.16. The van der Waals surface area contributed by atoms with Crippen molar-refractivity contribution in [3.05, 3.63) is 82.9 Å². The number of halogens is 1. The second-order valence-electron chi connectivity index (χ2n) is 12.5. The molecule has 0 fully saturated rings. The van der Waals surface area contributed by atoms with Gasteiger partial charge in [-0.3, -0.25) is 0 Å². The van der Waals surface area contributed by atoms with E-state index in [2.05, 4.69) is 37.7 Å². The number of carbonyl (C=O) groups is 1. The van der Waals surface area contributed by atoms with E-state index in [4.69, 9.17) is 21.3 Å². The normalized spacial score (nSPS) is 12.1. The van der Waals surface area contributed by atoms with E-state index in [9.17, 15) is 9.90 Å². The van der Waals surface area contributed by atoms with Crippen molar-refractivity contribution in [3.8, 4) is 39.9 Å². The highest BCUT2D eigenvalue weighted by atomic mass is 35.5. The minimum atomic E-state index is -0.427. The Kier molecular flexibility index (Phi) is 11.9. The first-order valence-corrected chi connectivity index (χ1v) is 16.1. The molecule has 0 bridgehead atoms. The van der Waals surface area contributed by atoms with Crippen LogP contribution in [0.4, 0.5) is 0 Å². The number of phenols is 1. The summed E-state index contributed by atoms with van der Waals surface area (Å²) in [5.74, 6) is 2.50. The van der Waals surface area contributed by atoms with Crippen LogP contribution in [0, 0.1) is 24.7 Å². The van der Waals surface area contributed by atoms with Crippen molar-refractivity contribution in [3.63, 3.8) is 0 Å². The van der Waals surface area contributed by atoms with E-state index in [0.29, 0.717) is 58.5 Å². The van der Waals surface area contributed by atoms with Crippen molar-refractivity contribution >= 4 is 17.6 Å². The van der Waals surface area contributed by atoms with Crippen molar-refractivity contribution in [1.82, 2.24) is 15.0 Å². The van der Waals surface area contributed by atoms with Crippen LogP contribution >= 0.6 is 11.6 Å². The molecular weight excluding hydrogens is 570 g/mol. The van der Waals surface area contributed by atoms with Gasteiger partial charge >= 0.3 is 5.97 Å². The summed E-state index contributed by atoms with van der Waals surface area (Å²) in [4.78, 5) is 27.2. The third-order valence-electron chi connectivity index (χ3n) is 7.75. The molecule has 1 N–H and O–H groups in total. The highest BCUT2D eigenvalue weighted by Crippen LogP contribution is 2.32. The zero-order valence-corrected chi connectivity index (χ0v) is 27.3. The number of carbonyl (C=O) groups excluding carboxylic acids is 1. The molecule has 7 heteroatoms. The van der Waals surface area contributed by atoms with E-state index in [1.54, 1.807) is 30.3 Å². The summed E-state index contributed by atoms with van der Waals surface area (Å²) in [7, 11) is 0. The van der Waals surface area contributed by atoms with Gasteiger partial charge < -0.3 is 9.84 Å². The maximum Gasteiger partial charge on any atom is 0.339 e. The van der Waals surface area contributed by atoms with Gasteiger partial charge in [-0.1, -0.05) is 107 Å². The van der Waals surface area contributed by atoms with E-state index in [1.807, 2.05) is 43.3 Å². The lowest BCUT2D eigenvalue weighted by Gasteiger charge is -2.19. The van der Waals surface area contributed by atoms with Crippen molar-refractivity contribution in [1.29, 1.82) is 0 Å². The third kappa shape index (κ3) is 9.36. The Balaban J connectivity index is 1.56. The first kappa shape index (κ1) is 33.1. The van der Waals surface area contributed by atoms with Gasteiger partial charge in [0.1, 0.15) is 5.75 Å². The molecule has 1 unspecified atom stereocenters. The van der Waals surface area contributed by atoms with Gasteiger partial charge in [0, 0.05) is 11.1 Å².